The first kappa shape index (κ1) is 21.0. The Morgan fingerprint density at radius 1 is 1.03 bits per heavy atom. The van der Waals surface area contributed by atoms with Crippen molar-refractivity contribution in [3.05, 3.63) is 59.3 Å². The smallest absolute Gasteiger partial charge is 0.357 e. The molecule has 0 amide bonds. The van der Waals surface area contributed by atoms with Crippen LogP contribution in [0.25, 0.3) is 0 Å². The van der Waals surface area contributed by atoms with Crippen LogP contribution in [0.2, 0.25) is 0 Å². The normalized spacial score (nSPS) is 14.9. The Morgan fingerprint density at radius 2 is 1.72 bits per heavy atom. The topological polar surface area (TPSA) is 52.6 Å². The maximum absolute atomic E-state index is 12.6. The lowest BCUT2D eigenvalue weighted by Crippen LogP contribution is -2.37. The second kappa shape index (κ2) is 9.62. The minimum atomic E-state index is -4.30. The summed E-state index contributed by atoms with van der Waals surface area (Å²) in [7, 11) is 1.68. The minimum absolute atomic E-state index is 0.567. The van der Waals surface area contributed by atoms with E-state index >= 15 is 0 Å². The summed E-state index contributed by atoms with van der Waals surface area (Å²) in [5, 5.41) is 6.40. The largest absolute Gasteiger partial charge is 0.416 e. The van der Waals surface area contributed by atoms with Crippen LogP contribution in [0.1, 0.15) is 29.5 Å². The molecule has 2 aromatic rings. The Kier molecular flexibility index (Phi) is 6.95. The maximum atomic E-state index is 12.6. The number of alkyl halides is 3. The van der Waals surface area contributed by atoms with Crippen LogP contribution in [0.3, 0.4) is 0 Å². The highest BCUT2D eigenvalue weighted by atomic mass is 19.4. The van der Waals surface area contributed by atoms with Crippen molar-refractivity contribution < 1.29 is 13.2 Å². The molecule has 1 fully saturated rings. The fraction of sp³-hybridized carbons (Fsp3) is 0.429. The molecule has 1 aromatic carbocycles. The van der Waals surface area contributed by atoms with Gasteiger partial charge in [-0.2, -0.15) is 13.2 Å². The van der Waals surface area contributed by atoms with E-state index in [4.69, 9.17) is 0 Å². The molecule has 3 rings (SSSR count). The quantitative estimate of drug-likeness (QED) is 0.570. The van der Waals surface area contributed by atoms with Crippen LogP contribution in [-0.2, 0) is 19.1 Å². The summed E-state index contributed by atoms with van der Waals surface area (Å²) < 4.78 is 37.8. The number of aromatic nitrogens is 1. The molecule has 1 saturated heterocycles. The molecule has 1 aliphatic heterocycles. The van der Waals surface area contributed by atoms with Crippen molar-refractivity contribution in [3.8, 4) is 0 Å². The summed E-state index contributed by atoms with van der Waals surface area (Å²) in [5.74, 6) is 1.66. The third-order valence-corrected chi connectivity index (χ3v) is 4.91. The van der Waals surface area contributed by atoms with Gasteiger partial charge in [-0.3, -0.25) is 4.99 Å². The third-order valence-electron chi connectivity index (χ3n) is 4.91. The molecule has 5 nitrogen and oxygen atoms in total. The highest BCUT2D eigenvalue weighted by molar-refractivity contribution is 5.79. The van der Waals surface area contributed by atoms with Gasteiger partial charge in [0.2, 0.25) is 0 Å². The van der Waals surface area contributed by atoms with Crippen LogP contribution in [0.5, 0.6) is 0 Å². The first-order valence-electron chi connectivity index (χ1n) is 9.76. The fourth-order valence-corrected chi connectivity index (χ4v) is 3.25. The van der Waals surface area contributed by atoms with Crippen LogP contribution in [0.4, 0.5) is 19.0 Å². The van der Waals surface area contributed by atoms with Crippen molar-refractivity contribution in [2.75, 3.05) is 31.6 Å². The number of anilines is 1. The zero-order valence-corrected chi connectivity index (χ0v) is 16.5. The van der Waals surface area contributed by atoms with Gasteiger partial charge in [0.15, 0.2) is 5.96 Å². The predicted molar refractivity (Wildman–Crippen MR) is 109 cm³/mol. The lowest BCUT2D eigenvalue weighted by molar-refractivity contribution is -0.137. The number of pyridine rings is 1. The molecule has 156 valence electrons. The van der Waals surface area contributed by atoms with Gasteiger partial charge in [0.1, 0.15) is 5.82 Å². The number of guanidine groups is 1. The Bertz CT molecular complexity index is 795. The number of benzene rings is 1. The van der Waals surface area contributed by atoms with E-state index < -0.39 is 11.7 Å². The first-order chi connectivity index (χ1) is 14.0. The van der Waals surface area contributed by atoms with Gasteiger partial charge in [-0.05, 0) is 48.6 Å². The summed E-state index contributed by atoms with van der Waals surface area (Å²) in [5.41, 5.74) is 1.26. The summed E-state index contributed by atoms with van der Waals surface area (Å²) in [6.07, 6.45) is 0.615. The van der Waals surface area contributed by atoms with Crippen LogP contribution in [-0.4, -0.2) is 37.6 Å². The van der Waals surface area contributed by atoms with Gasteiger partial charge in [-0.15, -0.1) is 0 Å². The van der Waals surface area contributed by atoms with E-state index in [0.29, 0.717) is 25.5 Å². The second-order valence-corrected chi connectivity index (χ2v) is 7.02. The van der Waals surface area contributed by atoms with Crippen LogP contribution in [0.15, 0.2) is 47.6 Å². The molecular weight excluding hydrogens is 379 g/mol. The summed E-state index contributed by atoms with van der Waals surface area (Å²) in [6.45, 7) is 3.30. The van der Waals surface area contributed by atoms with Crippen molar-refractivity contribution in [1.82, 2.24) is 15.6 Å². The Labute approximate surface area is 169 Å². The van der Waals surface area contributed by atoms with Crippen molar-refractivity contribution in [1.29, 1.82) is 0 Å². The molecule has 2 N–H and O–H groups in total. The Hall–Kier alpha value is -2.77. The third kappa shape index (κ3) is 6.10. The van der Waals surface area contributed by atoms with Crippen molar-refractivity contribution in [3.63, 3.8) is 0 Å². The van der Waals surface area contributed by atoms with Gasteiger partial charge in [0, 0.05) is 39.4 Å². The average molecular weight is 405 g/mol. The molecule has 0 spiro atoms. The highest BCUT2D eigenvalue weighted by Crippen LogP contribution is 2.29. The molecule has 2 heterocycles. The maximum Gasteiger partial charge on any atom is 0.416 e. The zero-order chi connectivity index (χ0) is 20.7. The lowest BCUT2D eigenvalue weighted by Gasteiger charge is -2.16. The monoisotopic (exact) mass is 405 g/mol. The molecule has 0 bridgehead atoms. The number of hydrogen-bond donors (Lipinski definition) is 2. The summed E-state index contributed by atoms with van der Waals surface area (Å²) >= 11 is 0. The van der Waals surface area contributed by atoms with Crippen LogP contribution < -0.4 is 15.5 Å². The SMILES string of the molecule is CN=C(NCCc1ccc(C(F)(F)F)cc1)NCc1ccc(N2CCCC2)nc1. The van der Waals surface area contributed by atoms with E-state index in [2.05, 4.69) is 31.6 Å². The van der Waals surface area contributed by atoms with Gasteiger partial charge in [0.25, 0.3) is 0 Å². The zero-order valence-electron chi connectivity index (χ0n) is 16.5. The Balaban J connectivity index is 1.42. The number of nitrogens with one attached hydrogen (secondary N) is 2. The highest BCUT2D eigenvalue weighted by Gasteiger charge is 2.29. The average Bonchev–Trinajstić information content (AvgIpc) is 3.25. The summed E-state index contributed by atoms with van der Waals surface area (Å²) in [4.78, 5) is 11.0. The van der Waals surface area contributed by atoms with E-state index in [1.54, 1.807) is 7.05 Å². The van der Waals surface area contributed by atoms with Gasteiger partial charge >= 0.3 is 6.18 Å². The molecule has 1 aliphatic rings. The van der Waals surface area contributed by atoms with Gasteiger partial charge < -0.3 is 15.5 Å². The standard InChI is InChI=1S/C21H26F3N5/c1-25-20(26-11-10-16-4-7-18(8-5-16)21(22,23)24)28-15-17-6-9-19(27-14-17)29-12-2-3-13-29/h4-9,14H,2-3,10-13,15H2,1H3,(H2,25,26,28). The van der Waals surface area contributed by atoms with Gasteiger partial charge in [-0.1, -0.05) is 18.2 Å². The van der Waals surface area contributed by atoms with E-state index in [1.165, 1.54) is 25.0 Å². The fourth-order valence-electron chi connectivity index (χ4n) is 3.25. The molecule has 0 saturated carbocycles. The van der Waals surface area contributed by atoms with Crippen molar-refractivity contribution in [2.45, 2.75) is 32.0 Å². The molecule has 1 aromatic heterocycles. The van der Waals surface area contributed by atoms with Gasteiger partial charge in [0.05, 0.1) is 5.56 Å². The second-order valence-electron chi connectivity index (χ2n) is 7.02. The van der Waals surface area contributed by atoms with E-state index in [9.17, 15) is 13.2 Å². The number of aliphatic imine (C=N–C) groups is 1. The molecule has 0 radical (unpaired) electrons. The molecule has 29 heavy (non-hydrogen) atoms. The Morgan fingerprint density at radius 3 is 2.31 bits per heavy atom. The number of nitrogens with zero attached hydrogens (tertiary/aromatic N) is 3. The number of rotatable bonds is 6. The van der Waals surface area contributed by atoms with E-state index in [-0.39, 0.29) is 0 Å². The molecular formula is C21H26F3N5. The molecule has 0 aliphatic carbocycles. The molecule has 8 heteroatoms. The predicted octanol–water partition coefficient (Wildman–Crippen LogP) is 3.61. The van der Waals surface area contributed by atoms with Gasteiger partial charge in [-0.25, -0.2) is 4.98 Å². The summed E-state index contributed by atoms with van der Waals surface area (Å²) in [6, 6.07) is 9.34. The number of halogens is 3. The lowest BCUT2D eigenvalue weighted by atomic mass is 10.1. The van der Waals surface area contributed by atoms with Crippen molar-refractivity contribution >= 4 is 11.8 Å². The van der Waals surface area contributed by atoms with E-state index in [1.807, 2.05) is 12.3 Å². The molecule has 0 unspecified atom stereocenters. The van der Waals surface area contributed by atoms with E-state index in [0.717, 1.165) is 42.2 Å². The number of hydrogen-bond acceptors (Lipinski definition) is 3. The van der Waals surface area contributed by atoms with Crippen LogP contribution in [0, 0.1) is 0 Å². The minimum Gasteiger partial charge on any atom is -0.357 e. The van der Waals surface area contributed by atoms with Crippen molar-refractivity contribution in [2.24, 2.45) is 4.99 Å². The van der Waals surface area contributed by atoms with Crippen LogP contribution >= 0.6 is 0 Å². The molecule has 0 atom stereocenters. The first-order valence-corrected chi connectivity index (χ1v) is 9.76.